The average Bonchev–Trinajstić information content (AvgIpc) is 2.54. The molecule has 1 heterocycles. The van der Waals surface area contributed by atoms with E-state index in [1.54, 1.807) is 18.2 Å². The average molecular weight is 360 g/mol. The standard InChI is InChI=1S/C16H19Cl2NO4/c17-12-5-3-10(8-13(12)18)4-6-14(20)19-15(16(21)22)11-2-1-7-23-9-11/h3,5,8,11,15H,1-2,4,6-7,9H2,(H,19,20)(H,21,22). The molecule has 0 spiro atoms. The van der Waals surface area contributed by atoms with Gasteiger partial charge in [0.25, 0.3) is 0 Å². The number of carboxylic acids is 1. The summed E-state index contributed by atoms with van der Waals surface area (Å²) in [6.45, 7) is 1.01. The van der Waals surface area contributed by atoms with Crippen LogP contribution in [0.1, 0.15) is 24.8 Å². The van der Waals surface area contributed by atoms with Crippen molar-refractivity contribution in [2.45, 2.75) is 31.7 Å². The van der Waals surface area contributed by atoms with Gasteiger partial charge in [-0.1, -0.05) is 29.3 Å². The minimum absolute atomic E-state index is 0.185. The van der Waals surface area contributed by atoms with Gasteiger partial charge in [0, 0.05) is 18.9 Å². The van der Waals surface area contributed by atoms with Crippen LogP contribution < -0.4 is 5.32 Å². The van der Waals surface area contributed by atoms with Crippen LogP contribution in [0.15, 0.2) is 18.2 Å². The Bertz CT molecular complexity index is 573. The van der Waals surface area contributed by atoms with Crippen LogP contribution in [0.5, 0.6) is 0 Å². The van der Waals surface area contributed by atoms with Crippen LogP contribution >= 0.6 is 23.2 Å². The highest BCUT2D eigenvalue weighted by atomic mass is 35.5. The van der Waals surface area contributed by atoms with E-state index in [2.05, 4.69) is 5.32 Å². The maximum atomic E-state index is 12.1. The van der Waals surface area contributed by atoms with E-state index < -0.39 is 12.0 Å². The molecule has 1 aromatic rings. The van der Waals surface area contributed by atoms with Gasteiger partial charge < -0.3 is 15.2 Å². The maximum absolute atomic E-state index is 12.1. The Kier molecular flexibility index (Phi) is 6.69. The van der Waals surface area contributed by atoms with Crippen molar-refractivity contribution in [3.05, 3.63) is 33.8 Å². The topological polar surface area (TPSA) is 75.6 Å². The van der Waals surface area contributed by atoms with E-state index in [1.807, 2.05) is 0 Å². The molecule has 1 saturated heterocycles. The molecular weight excluding hydrogens is 341 g/mol. The number of nitrogens with one attached hydrogen (secondary N) is 1. The fraction of sp³-hybridized carbons (Fsp3) is 0.500. The van der Waals surface area contributed by atoms with Crippen molar-refractivity contribution in [2.75, 3.05) is 13.2 Å². The molecule has 7 heteroatoms. The zero-order chi connectivity index (χ0) is 16.8. The summed E-state index contributed by atoms with van der Waals surface area (Å²) >= 11 is 11.8. The number of hydrogen-bond donors (Lipinski definition) is 2. The molecular formula is C16H19Cl2NO4. The molecule has 0 aromatic heterocycles. The van der Waals surface area contributed by atoms with E-state index in [0.29, 0.717) is 29.7 Å². The molecule has 0 aliphatic carbocycles. The van der Waals surface area contributed by atoms with Gasteiger partial charge in [-0.05, 0) is 37.0 Å². The molecule has 1 amide bonds. The van der Waals surface area contributed by atoms with Crippen LogP contribution in [0.4, 0.5) is 0 Å². The number of benzene rings is 1. The van der Waals surface area contributed by atoms with Crippen molar-refractivity contribution in [1.29, 1.82) is 0 Å². The van der Waals surface area contributed by atoms with Gasteiger partial charge in [-0.3, -0.25) is 4.79 Å². The first-order valence-electron chi connectivity index (χ1n) is 7.51. The van der Waals surface area contributed by atoms with Crippen LogP contribution in [0.25, 0.3) is 0 Å². The van der Waals surface area contributed by atoms with Crippen LogP contribution in [0.2, 0.25) is 10.0 Å². The van der Waals surface area contributed by atoms with E-state index in [0.717, 1.165) is 18.4 Å². The molecule has 126 valence electrons. The number of amides is 1. The second-order valence-electron chi connectivity index (χ2n) is 5.61. The minimum Gasteiger partial charge on any atom is -0.480 e. The summed E-state index contributed by atoms with van der Waals surface area (Å²) < 4.78 is 5.31. The lowest BCUT2D eigenvalue weighted by molar-refractivity contribution is -0.145. The third-order valence-corrected chi connectivity index (χ3v) is 4.61. The highest BCUT2D eigenvalue weighted by Crippen LogP contribution is 2.23. The quantitative estimate of drug-likeness (QED) is 0.818. The van der Waals surface area contributed by atoms with Crippen LogP contribution in [-0.2, 0) is 20.7 Å². The van der Waals surface area contributed by atoms with Crippen molar-refractivity contribution in [3.8, 4) is 0 Å². The summed E-state index contributed by atoms with van der Waals surface area (Å²) in [5.74, 6) is -1.51. The number of carbonyl (C=O) groups is 2. The second-order valence-corrected chi connectivity index (χ2v) is 6.42. The lowest BCUT2D eigenvalue weighted by Crippen LogP contribution is -2.48. The van der Waals surface area contributed by atoms with Gasteiger partial charge in [0.15, 0.2) is 0 Å². The monoisotopic (exact) mass is 359 g/mol. The van der Waals surface area contributed by atoms with Crippen molar-refractivity contribution >= 4 is 35.1 Å². The summed E-state index contributed by atoms with van der Waals surface area (Å²) in [6, 6.07) is 4.28. The normalized spacial score (nSPS) is 19.1. The molecule has 5 nitrogen and oxygen atoms in total. The van der Waals surface area contributed by atoms with E-state index in [4.69, 9.17) is 27.9 Å². The van der Waals surface area contributed by atoms with Gasteiger partial charge >= 0.3 is 5.97 Å². The number of aliphatic carboxylic acids is 1. The molecule has 2 N–H and O–H groups in total. The number of carbonyl (C=O) groups excluding carboxylic acids is 1. The lowest BCUT2D eigenvalue weighted by atomic mass is 9.93. The van der Waals surface area contributed by atoms with Gasteiger partial charge in [0.2, 0.25) is 5.91 Å². The molecule has 1 fully saturated rings. The Morgan fingerprint density at radius 2 is 2.13 bits per heavy atom. The number of carboxylic acid groups (broad SMARTS) is 1. The summed E-state index contributed by atoms with van der Waals surface area (Å²) in [5, 5.41) is 12.8. The Morgan fingerprint density at radius 1 is 1.35 bits per heavy atom. The number of ether oxygens (including phenoxy) is 1. The van der Waals surface area contributed by atoms with Crippen LogP contribution in [0, 0.1) is 5.92 Å². The molecule has 1 aliphatic rings. The zero-order valence-corrected chi connectivity index (χ0v) is 14.1. The van der Waals surface area contributed by atoms with Gasteiger partial charge in [-0.2, -0.15) is 0 Å². The van der Waals surface area contributed by atoms with Crippen molar-refractivity contribution < 1.29 is 19.4 Å². The molecule has 0 bridgehead atoms. The smallest absolute Gasteiger partial charge is 0.326 e. The summed E-state index contributed by atoms with van der Waals surface area (Å²) in [5.41, 5.74) is 0.877. The molecule has 2 atom stereocenters. The first-order valence-corrected chi connectivity index (χ1v) is 8.27. The fourth-order valence-corrected chi connectivity index (χ4v) is 2.93. The van der Waals surface area contributed by atoms with Crippen molar-refractivity contribution in [2.24, 2.45) is 5.92 Å². The van der Waals surface area contributed by atoms with Gasteiger partial charge in [0.1, 0.15) is 6.04 Å². The highest BCUT2D eigenvalue weighted by Gasteiger charge is 2.31. The number of aryl methyl sites for hydroxylation is 1. The molecule has 0 radical (unpaired) electrons. The Labute approximate surface area is 144 Å². The molecule has 2 rings (SSSR count). The fourth-order valence-electron chi connectivity index (χ4n) is 2.61. The number of rotatable bonds is 6. The SMILES string of the molecule is O=C(CCc1ccc(Cl)c(Cl)c1)NC(C(=O)O)C1CCCOC1. The third-order valence-electron chi connectivity index (χ3n) is 3.87. The zero-order valence-electron chi connectivity index (χ0n) is 12.6. The minimum atomic E-state index is -1.02. The predicted octanol–water partition coefficient (Wildman–Crippen LogP) is 2.92. The van der Waals surface area contributed by atoms with Crippen molar-refractivity contribution in [3.63, 3.8) is 0 Å². The Hall–Kier alpha value is -1.30. The summed E-state index contributed by atoms with van der Waals surface area (Å²) in [4.78, 5) is 23.4. The van der Waals surface area contributed by atoms with E-state index in [-0.39, 0.29) is 18.2 Å². The van der Waals surface area contributed by atoms with E-state index in [1.165, 1.54) is 0 Å². The summed E-state index contributed by atoms with van der Waals surface area (Å²) in [7, 11) is 0. The molecule has 0 saturated carbocycles. The van der Waals surface area contributed by atoms with Gasteiger partial charge in [-0.25, -0.2) is 4.79 Å². The second kappa shape index (κ2) is 8.52. The largest absolute Gasteiger partial charge is 0.480 e. The van der Waals surface area contributed by atoms with Gasteiger partial charge in [0.05, 0.1) is 16.7 Å². The molecule has 23 heavy (non-hydrogen) atoms. The van der Waals surface area contributed by atoms with E-state index in [9.17, 15) is 14.7 Å². The first-order chi connectivity index (χ1) is 11.0. The highest BCUT2D eigenvalue weighted by molar-refractivity contribution is 6.42. The van der Waals surface area contributed by atoms with Gasteiger partial charge in [-0.15, -0.1) is 0 Å². The molecule has 2 unspecified atom stereocenters. The number of halogens is 2. The predicted molar refractivity (Wildman–Crippen MR) is 87.9 cm³/mol. The maximum Gasteiger partial charge on any atom is 0.326 e. The third kappa shape index (κ3) is 5.37. The van der Waals surface area contributed by atoms with Crippen LogP contribution in [0.3, 0.4) is 0 Å². The molecule has 1 aromatic carbocycles. The Balaban J connectivity index is 1.88. The summed E-state index contributed by atoms with van der Waals surface area (Å²) in [6.07, 6.45) is 2.21. The van der Waals surface area contributed by atoms with Crippen LogP contribution in [-0.4, -0.2) is 36.2 Å². The number of hydrogen-bond acceptors (Lipinski definition) is 3. The van der Waals surface area contributed by atoms with Crippen molar-refractivity contribution in [1.82, 2.24) is 5.32 Å². The van der Waals surface area contributed by atoms with E-state index >= 15 is 0 Å². The first kappa shape index (κ1) is 18.0. The lowest BCUT2D eigenvalue weighted by Gasteiger charge is -2.28. The molecule has 1 aliphatic heterocycles. The Morgan fingerprint density at radius 3 is 2.74 bits per heavy atom.